The molecule has 0 amide bonds. The minimum atomic E-state index is -2.51. The van der Waals surface area contributed by atoms with Gasteiger partial charge in [-0.2, -0.15) is 0 Å². The second kappa shape index (κ2) is 4.14. The first-order chi connectivity index (χ1) is 5.65. The van der Waals surface area contributed by atoms with Gasteiger partial charge in [0.25, 0.3) is 6.43 Å². The molecule has 0 aliphatic carbocycles. The Kier molecular flexibility index (Phi) is 3.40. The molecule has 0 aliphatic heterocycles. The number of hydrogen-bond acceptors (Lipinski definition) is 1. The first-order valence-corrected chi connectivity index (χ1v) is 4.47. The molecule has 0 aromatic carbocycles. The Morgan fingerprint density at radius 1 is 1.50 bits per heavy atom. The lowest BCUT2D eigenvalue weighted by Gasteiger charge is -2.04. The van der Waals surface area contributed by atoms with Crippen LogP contribution in [-0.4, -0.2) is 4.98 Å². The normalized spacial score (nSPS) is 10.8. The van der Waals surface area contributed by atoms with Gasteiger partial charge in [0, 0.05) is 5.56 Å². The topological polar surface area (TPSA) is 12.9 Å². The fourth-order valence-corrected chi connectivity index (χ4v) is 1.35. The maximum Gasteiger partial charge on any atom is 0.265 e. The third kappa shape index (κ3) is 2.14. The number of hydrogen-bond donors (Lipinski definition) is 0. The maximum absolute atomic E-state index is 12.2. The van der Waals surface area contributed by atoms with E-state index in [1.807, 2.05) is 0 Å². The van der Waals surface area contributed by atoms with Crippen LogP contribution in [0.2, 0.25) is 0 Å². The Bertz CT molecular complexity index is 280. The molecule has 0 saturated heterocycles. The van der Waals surface area contributed by atoms with Gasteiger partial charge >= 0.3 is 0 Å². The molecule has 0 spiro atoms. The summed E-state index contributed by atoms with van der Waals surface area (Å²) in [5, 5.41) is 0. The van der Waals surface area contributed by atoms with E-state index in [4.69, 9.17) is 11.6 Å². The molecule has 5 heteroatoms. The first-order valence-electron chi connectivity index (χ1n) is 3.14. The predicted octanol–water partition coefficient (Wildman–Crippen LogP) is 3.52. The van der Waals surface area contributed by atoms with Gasteiger partial charge < -0.3 is 0 Å². The van der Waals surface area contributed by atoms with Crippen molar-refractivity contribution in [2.45, 2.75) is 12.3 Å². The van der Waals surface area contributed by atoms with Gasteiger partial charge in [-0.3, -0.25) is 0 Å². The van der Waals surface area contributed by atoms with Crippen LogP contribution in [0.4, 0.5) is 8.78 Å². The van der Waals surface area contributed by atoms with Crippen molar-refractivity contribution in [1.29, 1.82) is 0 Å². The van der Waals surface area contributed by atoms with Crippen molar-refractivity contribution in [2.75, 3.05) is 0 Å². The number of rotatable bonds is 2. The van der Waals surface area contributed by atoms with Gasteiger partial charge in [0.1, 0.15) is 4.60 Å². The Hall–Kier alpha value is -0.220. The fraction of sp³-hybridized carbons (Fsp3) is 0.286. The lowest BCUT2D eigenvalue weighted by molar-refractivity contribution is 0.150. The highest BCUT2D eigenvalue weighted by Crippen LogP contribution is 2.24. The lowest BCUT2D eigenvalue weighted by atomic mass is 10.2. The average molecular weight is 256 g/mol. The summed E-state index contributed by atoms with van der Waals surface area (Å²) in [4.78, 5) is 3.82. The van der Waals surface area contributed by atoms with E-state index in [0.717, 1.165) is 0 Å². The quantitative estimate of drug-likeness (QED) is 0.583. The van der Waals surface area contributed by atoms with Gasteiger partial charge in [-0.05, 0) is 28.1 Å². The molecule has 1 heterocycles. The summed E-state index contributed by atoms with van der Waals surface area (Å²) < 4.78 is 25.0. The van der Waals surface area contributed by atoms with E-state index in [2.05, 4.69) is 20.9 Å². The summed E-state index contributed by atoms with van der Waals surface area (Å²) in [7, 11) is 0. The summed E-state index contributed by atoms with van der Waals surface area (Å²) in [6.45, 7) is 0. The molecule has 66 valence electrons. The van der Waals surface area contributed by atoms with Crippen molar-refractivity contribution in [3.05, 3.63) is 28.0 Å². The number of nitrogens with zero attached hydrogens (tertiary/aromatic N) is 1. The van der Waals surface area contributed by atoms with E-state index in [1.165, 1.54) is 12.1 Å². The molecule has 1 aromatic rings. The molecule has 0 unspecified atom stereocenters. The lowest BCUT2D eigenvalue weighted by Crippen LogP contribution is -1.95. The zero-order chi connectivity index (χ0) is 9.14. The largest absolute Gasteiger partial charge is 0.265 e. The molecule has 1 rings (SSSR count). The van der Waals surface area contributed by atoms with E-state index < -0.39 is 6.43 Å². The van der Waals surface area contributed by atoms with Crippen LogP contribution in [0.3, 0.4) is 0 Å². The third-order valence-electron chi connectivity index (χ3n) is 1.34. The Labute approximate surface area is 81.9 Å². The van der Waals surface area contributed by atoms with E-state index in [0.29, 0.717) is 4.60 Å². The number of alkyl halides is 3. The molecular formula is C7H5BrClF2N. The van der Waals surface area contributed by atoms with Crippen molar-refractivity contribution >= 4 is 27.5 Å². The number of pyridine rings is 1. The molecule has 0 bridgehead atoms. The molecule has 0 N–H and O–H groups in total. The molecule has 0 aliphatic rings. The van der Waals surface area contributed by atoms with Gasteiger partial charge in [-0.1, -0.05) is 0 Å². The highest BCUT2D eigenvalue weighted by molar-refractivity contribution is 9.10. The Morgan fingerprint density at radius 2 is 2.17 bits per heavy atom. The second-order valence-electron chi connectivity index (χ2n) is 2.10. The molecule has 0 saturated carbocycles. The Morgan fingerprint density at radius 3 is 2.67 bits per heavy atom. The summed E-state index contributed by atoms with van der Waals surface area (Å²) in [5.74, 6) is -0.000880. The highest BCUT2D eigenvalue weighted by atomic mass is 79.9. The van der Waals surface area contributed by atoms with Crippen LogP contribution in [0.5, 0.6) is 0 Å². The van der Waals surface area contributed by atoms with Crippen molar-refractivity contribution < 1.29 is 8.78 Å². The smallest absolute Gasteiger partial charge is 0.244 e. The first kappa shape index (κ1) is 9.86. The predicted molar refractivity (Wildman–Crippen MR) is 46.5 cm³/mol. The van der Waals surface area contributed by atoms with E-state index in [9.17, 15) is 8.78 Å². The van der Waals surface area contributed by atoms with Crippen molar-refractivity contribution in [1.82, 2.24) is 4.98 Å². The van der Waals surface area contributed by atoms with Crippen LogP contribution in [0, 0.1) is 0 Å². The number of halogens is 4. The van der Waals surface area contributed by atoms with E-state index >= 15 is 0 Å². The molecule has 1 nitrogen and oxygen atoms in total. The molecule has 0 radical (unpaired) electrons. The van der Waals surface area contributed by atoms with E-state index in [1.54, 1.807) is 0 Å². The minimum Gasteiger partial charge on any atom is -0.244 e. The van der Waals surface area contributed by atoms with Crippen LogP contribution in [0.25, 0.3) is 0 Å². The molecule has 1 aromatic heterocycles. The SMILES string of the molecule is FC(F)c1ccc(Br)nc1CCl. The third-order valence-corrected chi connectivity index (χ3v) is 2.03. The van der Waals surface area contributed by atoms with Crippen LogP contribution in [0.15, 0.2) is 16.7 Å². The van der Waals surface area contributed by atoms with Gasteiger partial charge in [0.2, 0.25) is 0 Å². The molecule has 0 fully saturated rings. The standard InChI is InChI=1S/C7H5BrClF2N/c8-6-2-1-4(7(10)11)5(3-9)12-6/h1-2,7H,3H2. The van der Waals surface area contributed by atoms with Crippen LogP contribution < -0.4 is 0 Å². The van der Waals surface area contributed by atoms with Gasteiger partial charge in [-0.25, -0.2) is 13.8 Å². The summed E-state index contributed by atoms with van der Waals surface area (Å²) in [6.07, 6.45) is -2.51. The summed E-state index contributed by atoms with van der Waals surface area (Å²) in [6, 6.07) is 2.79. The van der Waals surface area contributed by atoms with Crippen molar-refractivity contribution in [3.8, 4) is 0 Å². The minimum absolute atomic E-state index is 0.000880. The maximum atomic E-state index is 12.2. The van der Waals surface area contributed by atoms with Gasteiger partial charge in [0.05, 0.1) is 11.6 Å². The zero-order valence-corrected chi connectivity index (χ0v) is 8.24. The van der Waals surface area contributed by atoms with Crippen molar-refractivity contribution in [3.63, 3.8) is 0 Å². The zero-order valence-electron chi connectivity index (χ0n) is 5.90. The average Bonchev–Trinajstić information content (AvgIpc) is 2.03. The van der Waals surface area contributed by atoms with Gasteiger partial charge in [0.15, 0.2) is 0 Å². The monoisotopic (exact) mass is 255 g/mol. The van der Waals surface area contributed by atoms with Crippen molar-refractivity contribution in [2.24, 2.45) is 0 Å². The molecule has 12 heavy (non-hydrogen) atoms. The molecule has 0 atom stereocenters. The summed E-state index contributed by atoms with van der Waals surface area (Å²) >= 11 is 8.50. The van der Waals surface area contributed by atoms with Crippen LogP contribution >= 0.6 is 27.5 Å². The highest BCUT2D eigenvalue weighted by Gasteiger charge is 2.13. The number of aromatic nitrogens is 1. The Balaban J connectivity index is 3.11. The fourth-order valence-electron chi connectivity index (χ4n) is 0.791. The second-order valence-corrected chi connectivity index (χ2v) is 3.18. The van der Waals surface area contributed by atoms with Crippen LogP contribution in [0.1, 0.15) is 17.7 Å². The summed E-state index contributed by atoms with van der Waals surface area (Å²) in [5.41, 5.74) is 0.120. The van der Waals surface area contributed by atoms with Gasteiger partial charge in [-0.15, -0.1) is 11.6 Å². The molecular weight excluding hydrogens is 251 g/mol. The van der Waals surface area contributed by atoms with Crippen LogP contribution in [-0.2, 0) is 5.88 Å². The van der Waals surface area contributed by atoms with E-state index in [-0.39, 0.29) is 17.1 Å².